The molecule has 0 saturated heterocycles. The van der Waals surface area contributed by atoms with Crippen molar-refractivity contribution in [2.75, 3.05) is 5.73 Å². The molecule has 2 aromatic rings. The second-order valence-electron chi connectivity index (χ2n) is 3.26. The Morgan fingerprint density at radius 2 is 1.94 bits per heavy atom. The molecule has 0 spiro atoms. The maximum absolute atomic E-state index is 8.86. The predicted molar refractivity (Wildman–Crippen MR) is 68.9 cm³/mol. The number of nitriles is 1. The summed E-state index contributed by atoms with van der Waals surface area (Å²) in [4.78, 5) is 5.13. The Hall–Kier alpha value is -1.70. The van der Waals surface area contributed by atoms with Gasteiger partial charge < -0.3 is 5.73 Å². The van der Waals surface area contributed by atoms with Crippen molar-refractivity contribution in [1.29, 1.82) is 5.26 Å². The molecule has 5 heteroatoms. The molecule has 0 radical (unpaired) electrons. The Bertz CT molecular complexity index is 575. The monoisotopic (exact) mass is 261 g/mol. The van der Waals surface area contributed by atoms with Gasteiger partial charge in [0.25, 0.3) is 0 Å². The van der Waals surface area contributed by atoms with E-state index < -0.39 is 0 Å². The van der Waals surface area contributed by atoms with Crippen LogP contribution in [0.5, 0.6) is 0 Å². The van der Waals surface area contributed by atoms with Crippen molar-refractivity contribution in [2.24, 2.45) is 0 Å². The van der Waals surface area contributed by atoms with Gasteiger partial charge in [-0.3, -0.25) is 0 Å². The molecule has 0 aliphatic heterocycles. The zero-order valence-corrected chi connectivity index (χ0v) is 10.3. The van der Waals surface area contributed by atoms with E-state index in [0.29, 0.717) is 21.3 Å². The summed E-state index contributed by atoms with van der Waals surface area (Å²) in [7, 11) is 0. The van der Waals surface area contributed by atoms with Gasteiger partial charge in [0.05, 0.1) is 10.6 Å². The van der Waals surface area contributed by atoms with Gasteiger partial charge >= 0.3 is 0 Å². The number of nitrogens with zero attached hydrogens (tertiary/aromatic N) is 2. The van der Waals surface area contributed by atoms with Crippen LogP contribution in [0.25, 0.3) is 0 Å². The van der Waals surface area contributed by atoms with E-state index in [1.807, 2.05) is 30.3 Å². The van der Waals surface area contributed by atoms with E-state index >= 15 is 0 Å². The summed E-state index contributed by atoms with van der Waals surface area (Å²) in [5.41, 5.74) is 6.74. The molecule has 0 bridgehead atoms. The van der Waals surface area contributed by atoms with E-state index in [4.69, 9.17) is 22.6 Å². The lowest BCUT2D eigenvalue weighted by Crippen LogP contribution is -1.86. The predicted octanol–water partition coefficient (Wildman–Crippen LogP) is 3.34. The third kappa shape index (κ3) is 2.70. The van der Waals surface area contributed by atoms with E-state index in [0.717, 1.165) is 4.90 Å². The molecule has 0 saturated carbocycles. The Morgan fingerprint density at radius 1 is 1.24 bits per heavy atom. The minimum Gasteiger partial charge on any atom is -0.399 e. The highest BCUT2D eigenvalue weighted by Crippen LogP contribution is 2.33. The van der Waals surface area contributed by atoms with E-state index in [-0.39, 0.29) is 0 Å². The van der Waals surface area contributed by atoms with Crippen LogP contribution in [0.15, 0.2) is 46.5 Å². The van der Waals surface area contributed by atoms with Crippen molar-refractivity contribution in [1.82, 2.24) is 4.98 Å². The molecule has 1 aromatic carbocycles. The molecule has 0 amide bonds. The fourth-order valence-electron chi connectivity index (χ4n) is 1.23. The van der Waals surface area contributed by atoms with Crippen LogP contribution in [0.4, 0.5) is 5.69 Å². The maximum atomic E-state index is 8.86. The number of hydrogen-bond donors (Lipinski definition) is 1. The molecule has 1 aromatic heterocycles. The van der Waals surface area contributed by atoms with Gasteiger partial charge in [0.1, 0.15) is 11.1 Å². The van der Waals surface area contributed by atoms with Gasteiger partial charge in [-0.25, -0.2) is 4.98 Å². The zero-order valence-electron chi connectivity index (χ0n) is 8.72. The summed E-state index contributed by atoms with van der Waals surface area (Å²) in [6.07, 6.45) is 1.57. The molecule has 0 aliphatic rings. The van der Waals surface area contributed by atoms with Crippen molar-refractivity contribution < 1.29 is 0 Å². The molecule has 0 aliphatic carbocycles. The van der Waals surface area contributed by atoms with Crippen LogP contribution in [0, 0.1) is 11.3 Å². The topological polar surface area (TPSA) is 62.7 Å². The summed E-state index contributed by atoms with van der Waals surface area (Å²) < 4.78 is 0. The number of pyridine rings is 1. The number of hydrogen-bond acceptors (Lipinski definition) is 4. The standard InChI is InChI=1S/C12H8ClN3S/c13-11-8(7-14)5-6-16-12(11)17-10-3-1-9(15)2-4-10/h1-6H,15H2. The Morgan fingerprint density at radius 3 is 2.59 bits per heavy atom. The van der Waals surface area contributed by atoms with E-state index in [2.05, 4.69) is 4.98 Å². The first-order valence-corrected chi connectivity index (χ1v) is 5.98. The lowest BCUT2D eigenvalue weighted by Gasteiger charge is -2.04. The zero-order chi connectivity index (χ0) is 12.3. The molecule has 2 N–H and O–H groups in total. The molecule has 3 nitrogen and oxygen atoms in total. The number of aromatic nitrogens is 1. The van der Waals surface area contributed by atoms with Crippen molar-refractivity contribution in [3.63, 3.8) is 0 Å². The Labute approximate surface area is 108 Å². The second kappa shape index (κ2) is 5.09. The lowest BCUT2D eigenvalue weighted by atomic mass is 10.3. The van der Waals surface area contributed by atoms with Gasteiger partial charge in [-0.15, -0.1) is 0 Å². The number of nitrogen functional groups attached to an aromatic ring is 1. The molecular weight excluding hydrogens is 254 g/mol. The van der Waals surface area contributed by atoms with Gasteiger partial charge in [-0.2, -0.15) is 5.26 Å². The summed E-state index contributed by atoms with van der Waals surface area (Å²) in [5.74, 6) is 0. The molecular formula is C12H8ClN3S. The summed E-state index contributed by atoms with van der Waals surface area (Å²) in [6.45, 7) is 0. The molecule has 2 rings (SSSR count). The Balaban J connectivity index is 2.31. The normalized spacial score (nSPS) is 9.88. The SMILES string of the molecule is N#Cc1ccnc(Sc2ccc(N)cc2)c1Cl. The summed E-state index contributed by atoms with van der Waals surface area (Å²) in [6, 6.07) is 11.0. The average Bonchev–Trinajstić information content (AvgIpc) is 2.35. The van der Waals surface area contributed by atoms with Crippen molar-refractivity contribution in [2.45, 2.75) is 9.92 Å². The highest BCUT2D eigenvalue weighted by molar-refractivity contribution is 7.99. The number of halogens is 1. The van der Waals surface area contributed by atoms with Crippen LogP contribution in [0.1, 0.15) is 5.56 Å². The first kappa shape index (κ1) is 11.8. The highest BCUT2D eigenvalue weighted by Gasteiger charge is 2.08. The number of rotatable bonds is 2. The van der Waals surface area contributed by atoms with Crippen LogP contribution in [0.2, 0.25) is 5.02 Å². The second-order valence-corrected chi connectivity index (χ2v) is 4.70. The van der Waals surface area contributed by atoms with Crippen LogP contribution in [0.3, 0.4) is 0 Å². The molecule has 1 heterocycles. The quantitative estimate of drug-likeness (QED) is 0.842. The van der Waals surface area contributed by atoms with Gasteiger partial charge in [0, 0.05) is 16.8 Å². The largest absolute Gasteiger partial charge is 0.399 e. The third-order valence-electron chi connectivity index (χ3n) is 2.07. The molecule has 0 atom stereocenters. The third-order valence-corrected chi connectivity index (χ3v) is 3.58. The average molecular weight is 262 g/mol. The number of benzene rings is 1. The smallest absolute Gasteiger partial charge is 0.121 e. The van der Waals surface area contributed by atoms with Gasteiger partial charge in [0.15, 0.2) is 0 Å². The fraction of sp³-hybridized carbons (Fsp3) is 0. The van der Waals surface area contributed by atoms with E-state index in [1.54, 1.807) is 12.3 Å². The van der Waals surface area contributed by atoms with E-state index in [9.17, 15) is 0 Å². The first-order valence-electron chi connectivity index (χ1n) is 4.78. The maximum Gasteiger partial charge on any atom is 0.121 e. The van der Waals surface area contributed by atoms with Crippen LogP contribution in [-0.4, -0.2) is 4.98 Å². The van der Waals surface area contributed by atoms with Crippen LogP contribution < -0.4 is 5.73 Å². The van der Waals surface area contributed by atoms with Gasteiger partial charge in [0.2, 0.25) is 0 Å². The minimum atomic E-state index is 0.386. The number of anilines is 1. The number of nitrogens with two attached hydrogens (primary N) is 1. The van der Waals surface area contributed by atoms with E-state index in [1.165, 1.54) is 11.8 Å². The van der Waals surface area contributed by atoms with Crippen molar-refractivity contribution in [3.05, 3.63) is 47.1 Å². The molecule has 0 fully saturated rings. The highest BCUT2D eigenvalue weighted by atomic mass is 35.5. The molecule has 0 unspecified atom stereocenters. The summed E-state index contributed by atoms with van der Waals surface area (Å²) in [5, 5.41) is 9.86. The fourth-order valence-corrected chi connectivity index (χ4v) is 2.31. The molecule has 84 valence electrons. The van der Waals surface area contributed by atoms with Crippen LogP contribution >= 0.6 is 23.4 Å². The lowest BCUT2D eigenvalue weighted by molar-refractivity contribution is 1.12. The molecule has 17 heavy (non-hydrogen) atoms. The van der Waals surface area contributed by atoms with Gasteiger partial charge in [-0.1, -0.05) is 23.4 Å². The summed E-state index contributed by atoms with van der Waals surface area (Å²) >= 11 is 7.46. The minimum absolute atomic E-state index is 0.386. The van der Waals surface area contributed by atoms with Crippen LogP contribution in [-0.2, 0) is 0 Å². The van der Waals surface area contributed by atoms with Gasteiger partial charge in [-0.05, 0) is 30.3 Å². The first-order chi connectivity index (χ1) is 8.20. The van der Waals surface area contributed by atoms with Crippen molar-refractivity contribution in [3.8, 4) is 6.07 Å². The Kier molecular flexibility index (Phi) is 3.52. The van der Waals surface area contributed by atoms with Crippen molar-refractivity contribution >= 4 is 29.1 Å².